The van der Waals surface area contributed by atoms with Crippen LogP contribution in [0.5, 0.6) is 0 Å². The zero-order valence-corrected chi connectivity index (χ0v) is 13.6. The molecule has 1 aromatic heterocycles. The van der Waals surface area contributed by atoms with Gasteiger partial charge in [0.2, 0.25) is 5.91 Å². The number of nitriles is 1. The minimum Gasteiger partial charge on any atom is -0.343 e. The van der Waals surface area contributed by atoms with Gasteiger partial charge in [0.25, 0.3) is 0 Å². The lowest BCUT2D eigenvalue weighted by atomic mass is 9.73. The fraction of sp³-hybridized carbons (Fsp3) is 0.350. The minimum absolute atomic E-state index is 0.00535. The number of nitrogens with one attached hydrogen (secondary N) is 1. The second-order valence-corrected chi connectivity index (χ2v) is 6.20. The molecule has 1 aliphatic rings. The zero-order chi connectivity index (χ0) is 16.8. The third kappa shape index (κ3) is 3.46. The first-order chi connectivity index (χ1) is 11.8. The summed E-state index contributed by atoms with van der Waals surface area (Å²) in [6.45, 7) is 0.0774. The van der Waals surface area contributed by atoms with E-state index in [-0.39, 0.29) is 24.3 Å². The van der Waals surface area contributed by atoms with Gasteiger partial charge in [-0.2, -0.15) is 5.26 Å². The van der Waals surface area contributed by atoms with Gasteiger partial charge in [-0.05, 0) is 47.6 Å². The van der Waals surface area contributed by atoms with E-state index in [1.807, 2.05) is 30.3 Å². The molecule has 1 N–H and O–H groups in total. The van der Waals surface area contributed by atoms with Crippen LogP contribution in [-0.2, 0) is 4.79 Å². The molecule has 0 aliphatic heterocycles. The van der Waals surface area contributed by atoms with Crippen molar-refractivity contribution in [3.05, 3.63) is 54.4 Å². The molecule has 1 amide bonds. The average molecular weight is 319 g/mol. The summed E-state index contributed by atoms with van der Waals surface area (Å²) in [5, 5.41) is 11.5. The molecule has 122 valence electrons. The van der Waals surface area contributed by atoms with Gasteiger partial charge in [0.1, 0.15) is 6.54 Å². The molecule has 0 bridgehead atoms. The van der Waals surface area contributed by atoms with Crippen molar-refractivity contribution in [2.45, 2.75) is 31.6 Å². The monoisotopic (exact) mass is 319 g/mol. The predicted octanol–water partition coefficient (Wildman–Crippen LogP) is 3.66. The van der Waals surface area contributed by atoms with Gasteiger partial charge in [-0.1, -0.05) is 37.1 Å². The van der Waals surface area contributed by atoms with Gasteiger partial charge < -0.3 is 5.32 Å². The van der Waals surface area contributed by atoms with Crippen LogP contribution in [0.1, 0.15) is 37.2 Å². The Labute approximate surface area is 142 Å². The Morgan fingerprint density at radius 2 is 1.92 bits per heavy atom. The number of aromatic nitrogens is 1. The summed E-state index contributed by atoms with van der Waals surface area (Å²) in [6, 6.07) is 14.3. The molecule has 3 rings (SSSR count). The number of nitrogens with zero attached hydrogens (tertiary/aromatic N) is 2. The second kappa shape index (κ2) is 7.74. The Kier molecular flexibility index (Phi) is 5.22. The number of amides is 1. The number of hydrogen-bond donors (Lipinski definition) is 1. The summed E-state index contributed by atoms with van der Waals surface area (Å²) < 4.78 is 0. The third-order valence-corrected chi connectivity index (χ3v) is 4.80. The number of rotatable bonds is 4. The van der Waals surface area contributed by atoms with Gasteiger partial charge in [-0.25, -0.2) is 0 Å². The van der Waals surface area contributed by atoms with Crippen molar-refractivity contribution in [2.24, 2.45) is 5.92 Å². The van der Waals surface area contributed by atoms with E-state index in [0.717, 1.165) is 31.2 Å². The highest BCUT2D eigenvalue weighted by Gasteiger charge is 2.33. The van der Waals surface area contributed by atoms with Crippen LogP contribution in [0.2, 0.25) is 0 Å². The van der Waals surface area contributed by atoms with E-state index < -0.39 is 0 Å². The summed E-state index contributed by atoms with van der Waals surface area (Å²) in [6.07, 6.45) is 7.68. The van der Waals surface area contributed by atoms with E-state index in [0.29, 0.717) is 0 Å². The Bertz CT molecular complexity index is 736. The van der Waals surface area contributed by atoms with Crippen molar-refractivity contribution in [1.29, 1.82) is 5.26 Å². The van der Waals surface area contributed by atoms with E-state index >= 15 is 0 Å². The molecule has 0 spiro atoms. The van der Waals surface area contributed by atoms with Crippen molar-refractivity contribution in [2.75, 3.05) is 6.54 Å². The Hall–Kier alpha value is -2.67. The molecular weight excluding hydrogens is 298 g/mol. The SMILES string of the molecule is N#CCNC(=O)C1CCCCC1c1ccccc1-c1ccncc1. The molecule has 4 nitrogen and oxygen atoms in total. The molecule has 0 radical (unpaired) electrons. The van der Waals surface area contributed by atoms with Crippen molar-refractivity contribution in [3.63, 3.8) is 0 Å². The van der Waals surface area contributed by atoms with Gasteiger partial charge in [-0.3, -0.25) is 9.78 Å². The highest BCUT2D eigenvalue weighted by atomic mass is 16.1. The molecule has 24 heavy (non-hydrogen) atoms. The minimum atomic E-state index is -0.0601. The summed E-state index contributed by atoms with van der Waals surface area (Å²) in [5.41, 5.74) is 3.52. The number of carbonyl (C=O) groups excluding carboxylic acids is 1. The quantitative estimate of drug-likeness (QED) is 0.875. The molecule has 1 aromatic carbocycles. The fourth-order valence-electron chi connectivity index (χ4n) is 3.69. The van der Waals surface area contributed by atoms with Crippen LogP contribution in [0.3, 0.4) is 0 Å². The lowest BCUT2D eigenvalue weighted by Gasteiger charge is -2.32. The van der Waals surface area contributed by atoms with Crippen LogP contribution in [0.4, 0.5) is 0 Å². The van der Waals surface area contributed by atoms with Crippen molar-refractivity contribution >= 4 is 5.91 Å². The first-order valence-electron chi connectivity index (χ1n) is 8.45. The van der Waals surface area contributed by atoms with E-state index in [2.05, 4.69) is 22.4 Å². The molecule has 2 unspecified atom stereocenters. The Morgan fingerprint density at radius 1 is 1.17 bits per heavy atom. The Morgan fingerprint density at radius 3 is 2.71 bits per heavy atom. The lowest BCUT2D eigenvalue weighted by molar-refractivity contribution is -0.126. The van der Waals surface area contributed by atoms with Crippen LogP contribution in [-0.4, -0.2) is 17.4 Å². The smallest absolute Gasteiger partial charge is 0.224 e. The summed E-state index contributed by atoms with van der Waals surface area (Å²) in [7, 11) is 0. The first kappa shape index (κ1) is 16.2. The van der Waals surface area contributed by atoms with Crippen LogP contribution in [0.15, 0.2) is 48.8 Å². The van der Waals surface area contributed by atoms with Crippen LogP contribution in [0.25, 0.3) is 11.1 Å². The number of pyridine rings is 1. The molecule has 2 atom stereocenters. The topological polar surface area (TPSA) is 65.8 Å². The maximum Gasteiger partial charge on any atom is 0.224 e. The van der Waals surface area contributed by atoms with E-state index in [1.54, 1.807) is 12.4 Å². The Balaban J connectivity index is 1.94. The summed E-state index contributed by atoms with van der Waals surface area (Å²) >= 11 is 0. The van der Waals surface area contributed by atoms with E-state index in [1.165, 1.54) is 11.1 Å². The van der Waals surface area contributed by atoms with Crippen LogP contribution >= 0.6 is 0 Å². The lowest BCUT2D eigenvalue weighted by Crippen LogP contribution is -2.36. The summed E-state index contributed by atoms with van der Waals surface area (Å²) in [5.74, 6) is 0.141. The average Bonchev–Trinajstić information content (AvgIpc) is 2.67. The maximum atomic E-state index is 12.5. The number of carbonyl (C=O) groups is 1. The van der Waals surface area contributed by atoms with Gasteiger partial charge in [0.05, 0.1) is 6.07 Å². The van der Waals surface area contributed by atoms with Crippen molar-refractivity contribution in [1.82, 2.24) is 10.3 Å². The molecule has 1 saturated carbocycles. The van der Waals surface area contributed by atoms with Crippen LogP contribution in [0, 0.1) is 17.2 Å². The maximum absolute atomic E-state index is 12.5. The molecule has 4 heteroatoms. The molecule has 1 fully saturated rings. The highest BCUT2D eigenvalue weighted by molar-refractivity contribution is 5.81. The predicted molar refractivity (Wildman–Crippen MR) is 93.0 cm³/mol. The first-order valence-corrected chi connectivity index (χ1v) is 8.45. The molecule has 2 aromatic rings. The van der Waals surface area contributed by atoms with E-state index in [9.17, 15) is 4.79 Å². The van der Waals surface area contributed by atoms with Crippen molar-refractivity contribution < 1.29 is 4.79 Å². The highest BCUT2D eigenvalue weighted by Crippen LogP contribution is 2.41. The zero-order valence-electron chi connectivity index (χ0n) is 13.6. The van der Waals surface area contributed by atoms with Crippen molar-refractivity contribution in [3.8, 4) is 17.2 Å². The van der Waals surface area contributed by atoms with Gasteiger partial charge in [0, 0.05) is 18.3 Å². The fourth-order valence-corrected chi connectivity index (χ4v) is 3.69. The number of benzene rings is 1. The van der Waals surface area contributed by atoms with Gasteiger partial charge in [0.15, 0.2) is 0 Å². The molecular formula is C20H21N3O. The van der Waals surface area contributed by atoms with Gasteiger partial charge >= 0.3 is 0 Å². The standard InChI is InChI=1S/C20H21N3O/c21-11-14-23-20(24)19-8-4-3-7-18(19)17-6-2-1-5-16(17)15-9-12-22-13-10-15/h1-2,5-6,9-10,12-13,18-19H,3-4,7-8,14H2,(H,23,24). The summed E-state index contributed by atoms with van der Waals surface area (Å²) in [4.78, 5) is 16.6. The number of hydrogen-bond acceptors (Lipinski definition) is 3. The molecule has 0 saturated heterocycles. The van der Waals surface area contributed by atoms with E-state index in [4.69, 9.17) is 5.26 Å². The van der Waals surface area contributed by atoms with Crippen LogP contribution < -0.4 is 5.32 Å². The normalized spacial score (nSPS) is 20.1. The second-order valence-electron chi connectivity index (χ2n) is 6.20. The molecule has 1 heterocycles. The molecule has 1 aliphatic carbocycles. The largest absolute Gasteiger partial charge is 0.343 e. The van der Waals surface area contributed by atoms with Gasteiger partial charge in [-0.15, -0.1) is 0 Å². The third-order valence-electron chi connectivity index (χ3n) is 4.80.